The van der Waals surface area contributed by atoms with Crippen molar-refractivity contribution in [3.8, 4) is 0 Å². The molecule has 1 heterocycles. The topological polar surface area (TPSA) is 72.6 Å². The molecule has 0 saturated carbocycles. The number of rotatable bonds is 2. The van der Waals surface area contributed by atoms with Crippen molar-refractivity contribution >= 4 is 16.9 Å². The third-order valence-electron chi connectivity index (χ3n) is 2.10. The summed E-state index contributed by atoms with van der Waals surface area (Å²) in [6.45, 7) is -0.0731. The Balaban J connectivity index is 2.57. The zero-order valence-electron chi connectivity index (χ0n) is 8.06. The second-order valence-electron chi connectivity index (χ2n) is 3.01. The van der Waals surface area contributed by atoms with Crippen LogP contribution in [0.1, 0.15) is 16.1 Å². The lowest BCUT2D eigenvalue weighted by Gasteiger charge is -1.95. The summed E-state index contributed by atoms with van der Waals surface area (Å²) in [5.74, 6) is -0.480. The Bertz CT molecular complexity index is 503. The zero-order valence-corrected chi connectivity index (χ0v) is 8.06. The first-order valence-electron chi connectivity index (χ1n) is 4.33. The molecule has 78 valence electrons. The lowest BCUT2D eigenvalue weighted by Crippen LogP contribution is -1.99. The minimum atomic E-state index is -0.561. The molecular formula is C10H9NO4. The first kappa shape index (κ1) is 9.67. The molecule has 0 saturated heterocycles. The number of ether oxygens (including phenoxy) is 1. The molecule has 0 fully saturated rings. The number of esters is 1. The van der Waals surface area contributed by atoms with Crippen LogP contribution in [0.15, 0.2) is 22.7 Å². The van der Waals surface area contributed by atoms with Crippen LogP contribution in [0.5, 0.6) is 0 Å². The highest BCUT2D eigenvalue weighted by Gasteiger charge is 2.16. The van der Waals surface area contributed by atoms with Crippen LogP contribution < -0.4 is 0 Å². The Labute approximate surface area is 85.2 Å². The highest BCUT2D eigenvalue weighted by Crippen LogP contribution is 2.20. The van der Waals surface area contributed by atoms with Gasteiger partial charge in [-0.2, -0.15) is 0 Å². The van der Waals surface area contributed by atoms with Gasteiger partial charge >= 0.3 is 5.97 Å². The van der Waals surface area contributed by atoms with Crippen molar-refractivity contribution in [2.24, 2.45) is 0 Å². The molecule has 1 aromatic carbocycles. The van der Waals surface area contributed by atoms with E-state index in [0.717, 1.165) is 0 Å². The average Bonchev–Trinajstić information content (AvgIpc) is 2.70. The molecule has 0 unspecified atom stereocenters. The molecule has 15 heavy (non-hydrogen) atoms. The van der Waals surface area contributed by atoms with Crippen molar-refractivity contribution in [3.05, 3.63) is 29.5 Å². The van der Waals surface area contributed by atoms with E-state index in [1.165, 1.54) is 7.11 Å². The smallest absolute Gasteiger partial charge is 0.377 e. The predicted octanol–water partition coefficient (Wildman–Crippen LogP) is 1.11. The maximum atomic E-state index is 11.2. The number of methoxy groups -OCH3 is 1. The van der Waals surface area contributed by atoms with E-state index in [0.29, 0.717) is 16.5 Å². The van der Waals surface area contributed by atoms with Gasteiger partial charge < -0.3 is 14.4 Å². The lowest BCUT2D eigenvalue weighted by molar-refractivity contribution is 0.0558. The molecule has 1 N–H and O–H groups in total. The molecule has 5 heteroatoms. The van der Waals surface area contributed by atoms with Crippen molar-refractivity contribution in [2.75, 3.05) is 7.11 Å². The summed E-state index contributed by atoms with van der Waals surface area (Å²) in [6.07, 6.45) is 0. The first-order valence-corrected chi connectivity index (χ1v) is 4.33. The van der Waals surface area contributed by atoms with Gasteiger partial charge in [-0.1, -0.05) is 11.2 Å². The summed E-state index contributed by atoms with van der Waals surface area (Å²) in [7, 11) is 1.28. The van der Waals surface area contributed by atoms with Gasteiger partial charge in [0, 0.05) is 0 Å². The number of carbonyl (C=O) groups excluding carboxylic acids is 1. The van der Waals surface area contributed by atoms with Crippen molar-refractivity contribution in [2.45, 2.75) is 6.61 Å². The second-order valence-corrected chi connectivity index (χ2v) is 3.01. The summed E-state index contributed by atoms with van der Waals surface area (Å²) in [5.41, 5.74) is 1.24. The van der Waals surface area contributed by atoms with Crippen molar-refractivity contribution in [3.63, 3.8) is 0 Å². The number of fused-ring (bicyclic) bond motifs is 1. The highest BCUT2D eigenvalue weighted by atomic mass is 16.5. The number of nitrogens with zero attached hydrogens (tertiary/aromatic N) is 1. The molecule has 0 aliphatic carbocycles. The normalized spacial score (nSPS) is 10.5. The number of aliphatic hydroxyl groups is 1. The maximum absolute atomic E-state index is 11.2. The molecule has 1 aromatic heterocycles. The molecule has 0 amide bonds. The summed E-state index contributed by atoms with van der Waals surface area (Å²) in [6, 6.07) is 5.03. The van der Waals surface area contributed by atoms with E-state index in [4.69, 9.17) is 9.63 Å². The fourth-order valence-electron chi connectivity index (χ4n) is 1.33. The molecule has 5 nitrogen and oxygen atoms in total. The fraction of sp³-hybridized carbons (Fsp3) is 0.200. The van der Waals surface area contributed by atoms with E-state index < -0.39 is 5.97 Å². The number of carbonyl (C=O) groups is 1. The second kappa shape index (κ2) is 3.70. The maximum Gasteiger partial charge on any atom is 0.377 e. The summed E-state index contributed by atoms with van der Waals surface area (Å²) >= 11 is 0. The van der Waals surface area contributed by atoms with Gasteiger partial charge in [-0.15, -0.1) is 0 Å². The molecule has 2 rings (SSSR count). The van der Waals surface area contributed by atoms with Crippen LogP contribution in [0.4, 0.5) is 0 Å². The molecule has 0 aliphatic heterocycles. The van der Waals surface area contributed by atoms with Crippen LogP contribution in [0.25, 0.3) is 10.9 Å². The largest absolute Gasteiger partial charge is 0.463 e. The van der Waals surface area contributed by atoms with E-state index in [1.807, 2.05) is 0 Å². The summed E-state index contributed by atoms with van der Waals surface area (Å²) in [5, 5.41) is 13.2. The average molecular weight is 207 g/mol. The number of aliphatic hydroxyl groups excluding tert-OH is 1. The minimum Gasteiger partial charge on any atom is -0.463 e. The van der Waals surface area contributed by atoms with Gasteiger partial charge in [-0.05, 0) is 17.7 Å². The van der Waals surface area contributed by atoms with Crippen LogP contribution in [-0.4, -0.2) is 23.3 Å². The monoisotopic (exact) mass is 207 g/mol. The van der Waals surface area contributed by atoms with Crippen LogP contribution in [-0.2, 0) is 11.3 Å². The van der Waals surface area contributed by atoms with Gasteiger partial charge in [-0.25, -0.2) is 4.79 Å². The molecular weight excluding hydrogens is 198 g/mol. The number of benzene rings is 1. The number of hydrogen-bond acceptors (Lipinski definition) is 5. The van der Waals surface area contributed by atoms with Crippen LogP contribution in [0, 0.1) is 0 Å². The Hall–Kier alpha value is -1.88. The SMILES string of the molecule is COC(=O)c1onc2cc(CO)ccc12. The summed E-state index contributed by atoms with van der Waals surface area (Å²) < 4.78 is 9.40. The van der Waals surface area contributed by atoms with Gasteiger partial charge in [0.2, 0.25) is 0 Å². The predicted molar refractivity (Wildman–Crippen MR) is 51.3 cm³/mol. The third kappa shape index (κ3) is 1.57. The Morgan fingerprint density at radius 1 is 1.60 bits per heavy atom. The molecule has 0 aliphatic rings. The van der Waals surface area contributed by atoms with Gasteiger partial charge in [0.25, 0.3) is 5.76 Å². The Kier molecular flexibility index (Phi) is 2.39. The van der Waals surface area contributed by atoms with Gasteiger partial charge in [0.15, 0.2) is 0 Å². The van der Waals surface area contributed by atoms with Crippen molar-refractivity contribution in [1.82, 2.24) is 5.16 Å². The fourth-order valence-corrected chi connectivity index (χ4v) is 1.33. The Morgan fingerprint density at radius 2 is 2.40 bits per heavy atom. The molecule has 0 bridgehead atoms. The van der Waals surface area contributed by atoms with Crippen molar-refractivity contribution < 1.29 is 19.2 Å². The van der Waals surface area contributed by atoms with E-state index in [-0.39, 0.29) is 12.4 Å². The van der Waals surface area contributed by atoms with Crippen LogP contribution >= 0.6 is 0 Å². The lowest BCUT2D eigenvalue weighted by atomic mass is 10.1. The first-order chi connectivity index (χ1) is 7.26. The standard InChI is InChI=1S/C10H9NO4/c1-14-10(13)9-7-3-2-6(5-12)4-8(7)11-15-9/h2-4,12H,5H2,1H3. The molecule has 0 spiro atoms. The van der Waals surface area contributed by atoms with E-state index in [9.17, 15) is 4.79 Å². The van der Waals surface area contributed by atoms with Gasteiger partial charge in [-0.3, -0.25) is 0 Å². The minimum absolute atomic E-state index is 0.0731. The molecule has 2 aromatic rings. The van der Waals surface area contributed by atoms with Gasteiger partial charge in [0.05, 0.1) is 19.1 Å². The number of hydrogen-bond donors (Lipinski definition) is 1. The van der Waals surface area contributed by atoms with Gasteiger partial charge in [0.1, 0.15) is 5.52 Å². The quantitative estimate of drug-likeness (QED) is 0.746. The zero-order chi connectivity index (χ0) is 10.8. The van der Waals surface area contributed by atoms with Crippen molar-refractivity contribution in [1.29, 1.82) is 0 Å². The van der Waals surface area contributed by atoms with Crippen LogP contribution in [0.2, 0.25) is 0 Å². The van der Waals surface area contributed by atoms with E-state index in [1.54, 1.807) is 18.2 Å². The number of aromatic nitrogens is 1. The van der Waals surface area contributed by atoms with Crippen LogP contribution in [0.3, 0.4) is 0 Å². The third-order valence-corrected chi connectivity index (χ3v) is 2.10. The van der Waals surface area contributed by atoms with E-state index >= 15 is 0 Å². The molecule has 0 atom stereocenters. The van der Waals surface area contributed by atoms with E-state index in [2.05, 4.69) is 9.89 Å². The summed E-state index contributed by atoms with van der Waals surface area (Å²) in [4.78, 5) is 11.2. The molecule has 0 radical (unpaired) electrons. The Morgan fingerprint density at radius 3 is 3.07 bits per heavy atom. The highest BCUT2D eigenvalue weighted by molar-refractivity contribution is 6.00.